The molecule has 0 saturated heterocycles. The maximum Gasteiger partial charge on any atom is 0.230 e. The van der Waals surface area contributed by atoms with Crippen molar-refractivity contribution in [3.63, 3.8) is 0 Å². The number of benzene rings is 2. The van der Waals surface area contributed by atoms with E-state index in [4.69, 9.17) is 0 Å². The zero-order chi connectivity index (χ0) is 19.2. The second kappa shape index (κ2) is 9.19. The van der Waals surface area contributed by atoms with Gasteiger partial charge in [-0.15, -0.1) is 11.8 Å². The molecule has 2 aromatic rings. The van der Waals surface area contributed by atoms with Gasteiger partial charge in [0.05, 0.1) is 16.7 Å². The number of nitrogens with one attached hydrogen (secondary N) is 1. The normalized spacial score (nSPS) is 12.6. The molecular weight excluding hydrogens is 373 g/mol. The van der Waals surface area contributed by atoms with Crippen molar-refractivity contribution in [2.45, 2.75) is 30.0 Å². The molecule has 0 aliphatic carbocycles. The molecule has 1 N–H and O–H groups in total. The van der Waals surface area contributed by atoms with Crippen molar-refractivity contribution >= 4 is 27.5 Å². The van der Waals surface area contributed by atoms with Gasteiger partial charge < -0.3 is 5.32 Å². The molecule has 1 unspecified atom stereocenters. The smallest absolute Gasteiger partial charge is 0.230 e. The van der Waals surface area contributed by atoms with Crippen LogP contribution in [0, 0.1) is 5.82 Å². The summed E-state index contributed by atoms with van der Waals surface area (Å²) in [4.78, 5) is 12.4. The Hall–Kier alpha value is -1.86. The second-order valence-corrected chi connectivity index (χ2v) is 8.99. The largest absolute Gasteiger partial charge is 0.349 e. The monoisotopic (exact) mass is 395 g/mol. The van der Waals surface area contributed by atoms with E-state index in [-0.39, 0.29) is 22.7 Å². The van der Waals surface area contributed by atoms with Crippen LogP contribution in [0.5, 0.6) is 0 Å². The number of amides is 1. The third-order valence-electron chi connectivity index (χ3n) is 3.87. The summed E-state index contributed by atoms with van der Waals surface area (Å²) in [5, 5.41) is 2.97. The van der Waals surface area contributed by atoms with Gasteiger partial charge in [0.2, 0.25) is 5.91 Å². The Morgan fingerprint density at radius 1 is 1.12 bits per heavy atom. The molecule has 0 bridgehead atoms. The Balaban J connectivity index is 1.88. The van der Waals surface area contributed by atoms with Gasteiger partial charge in [0, 0.05) is 12.0 Å². The first-order valence-corrected chi connectivity index (χ1v) is 11.3. The van der Waals surface area contributed by atoms with Crippen molar-refractivity contribution in [2.24, 2.45) is 0 Å². The van der Waals surface area contributed by atoms with Gasteiger partial charge in [0.1, 0.15) is 5.82 Å². The Labute approximate surface area is 158 Å². The Morgan fingerprint density at radius 3 is 2.27 bits per heavy atom. The maximum atomic E-state index is 12.9. The van der Waals surface area contributed by atoms with Gasteiger partial charge in [-0.2, -0.15) is 0 Å². The molecule has 0 radical (unpaired) electrons. The molecule has 7 heteroatoms. The highest BCUT2D eigenvalue weighted by atomic mass is 32.2. The molecule has 0 heterocycles. The van der Waals surface area contributed by atoms with Crippen LogP contribution < -0.4 is 5.32 Å². The van der Waals surface area contributed by atoms with E-state index in [0.29, 0.717) is 17.9 Å². The number of halogens is 1. The number of thioether (sulfide) groups is 1. The first kappa shape index (κ1) is 20.5. The zero-order valence-corrected chi connectivity index (χ0v) is 16.4. The molecule has 0 fully saturated rings. The van der Waals surface area contributed by atoms with E-state index in [1.807, 2.05) is 6.92 Å². The van der Waals surface area contributed by atoms with Crippen LogP contribution >= 0.6 is 11.8 Å². The average molecular weight is 396 g/mol. The minimum Gasteiger partial charge on any atom is -0.349 e. The topological polar surface area (TPSA) is 63.2 Å². The maximum absolute atomic E-state index is 12.9. The van der Waals surface area contributed by atoms with Gasteiger partial charge in [-0.05, 0) is 41.8 Å². The number of hydrogen-bond donors (Lipinski definition) is 1. The van der Waals surface area contributed by atoms with Crippen LogP contribution in [0.3, 0.4) is 0 Å². The first-order chi connectivity index (χ1) is 12.3. The Bertz CT molecular complexity index is 834. The quantitative estimate of drug-likeness (QED) is 0.740. The van der Waals surface area contributed by atoms with Crippen molar-refractivity contribution in [1.82, 2.24) is 5.32 Å². The highest BCUT2D eigenvalue weighted by Crippen LogP contribution is 2.20. The molecule has 2 aromatic carbocycles. The van der Waals surface area contributed by atoms with Gasteiger partial charge in [-0.25, -0.2) is 12.8 Å². The number of carbonyl (C=O) groups excluding carboxylic acids is 1. The summed E-state index contributed by atoms with van der Waals surface area (Å²) >= 11 is 1.46. The SMILES string of the molecule is CCC(NC(=O)CSCc1ccc(F)cc1)c1ccc(S(C)(=O)=O)cc1. The van der Waals surface area contributed by atoms with Crippen molar-refractivity contribution in [3.8, 4) is 0 Å². The summed E-state index contributed by atoms with van der Waals surface area (Å²) in [6.45, 7) is 1.96. The molecule has 0 aromatic heterocycles. The number of hydrogen-bond acceptors (Lipinski definition) is 4. The summed E-state index contributed by atoms with van der Waals surface area (Å²) in [6, 6.07) is 12.6. The summed E-state index contributed by atoms with van der Waals surface area (Å²) in [5.74, 6) is 0.573. The number of rotatable bonds is 8. The highest BCUT2D eigenvalue weighted by Gasteiger charge is 2.14. The van der Waals surface area contributed by atoms with Crippen LogP contribution in [0.1, 0.15) is 30.5 Å². The van der Waals surface area contributed by atoms with Crippen molar-refractivity contribution in [1.29, 1.82) is 0 Å². The standard InChI is InChI=1S/C19H22FNO3S2/c1-3-18(15-6-10-17(11-7-15)26(2,23)24)21-19(22)13-25-12-14-4-8-16(20)9-5-14/h4-11,18H,3,12-13H2,1-2H3,(H,21,22). The van der Waals surface area contributed by atoms with E-state index >= 15 is 0 Å². The molecular formula is C19H22FNO3S2. The molecule has 2 rings (SSSR count). The van der Waals surface area contributed by atoms with Crippen LogP contribution in [-0.4, -0.2) is 26.3 Å². The van der Waals surface area contributed by atoms with Crippen molar-refractivity contribution < 1.29 is 17.6 Å². The fourth-order valence-corrected chi connectivity index (χ4v) is 3.88. The van der Waals surface area contributed by atoms with Gasteiger partial charge >= 0.3 is 0 Å². The molecule has 1 amide bonds. The molecule has 0 aliphatic rings. The minimum absolute atomic E-state index is 0.0869. The average Bonchev–Trinajstić information content (AvgIpc) is 2.61. The van der Waals surface area contributed by atoms with E-state index in [1.165, 1.54) is 30.2 Å². The fourth-order valence-electron chi connectivity index (χ4n) is 2.45. The van der Waals surface area contributed by atoms with E-state index in [2.05, 4.69) is 5.32 Å². The predicted molar refractivity (Wildman–Crippen MR) is 103 cm³/mol. The summed E-state index contributed by atoms with van der Waals surface area (Å²) < 4.78 is 35.9. The van der Waals surface area contributed by atoms with Crippen LogP contribution in [0.15, 0.2) is 53.4 Å². The molecule has 1 atom stereocenters. The van der Waals surface area contributed by atoms with Gasteiger partial charge in [-0.1, -0.05) is 31.2 Å². The summed E-state index contributed by atoms with van der Waals surface area (Å²) in [6.07, 6.45) is 1.87. The molecule has 0 saturated carbocycles. The van der Waals surface area contributed by atoms with Gasteiger partial charge in [-0.3, -0.25) is 4.79 Å². The van der Waals surface area contributed by atoms with Crippen LogP contribution in [0.2, 0.25) is 0 Å². The lowest BCUT2D eigenvalue weighted by molar-refractivity contribution is -0.119. The summed E-state index contributed by atoms with van der Waals surface area (Å²) in [5.41, 5.74) is 1.84. The van der Waals surface area contributed by atoms with Gasteiger partial charge in [0.15, 0.2) is 9.84 Å². The van der Waals surface area contributed by atoms with E-state index in [1.54, 1.807) is 36.4 Å². The number of sulfone groups is 1. The van der Waals surface area contributed by atoms with Crippen molar-refractivity contribution in [3.05, 3.63) is 65.5 Å². The molecule has 26 heavy (non-hydrogen) atoms. The third-order valence-corrected chi connectivity index (χ3v) is 6.00. The Kier molecular flexibility index (Phi) is 7.23. The predicted octanol–water partition coefficient (Wildman–Crippen LogP) is 3.73. The third kappa shape index (κ3) is 6.14. The molecule has 4 nitrogen and oxygen atoms in total. The zero-order valence-electron chi connectivity index (χ0n) is 14.7. The fraction of sp³-hybridized carbons (Fsp3) is 0.316. The molecule has 0 spiro atoms. The van der Waals surface area contributed by atoms with Crippen LogP contribution in [-0.2, 0) is 20.4 Å². The second-order valence-electron chi connectivity index (χ2n) is 5.99. The lowest BCUT2D eigenvalue weighted by Gasteiger charge is -2.17. The van der Waals surface area contributed by atoms with Crippen LogP contribution in [0.4, 0.5) is 4.39 Å². The molecule has 140 valence electrons. The number of carbonyl (C=O) groups is 1. The Morgan fingerprint density at radius 2 is 1.73 bits per heavy atom. The summed E-state index contributed by atoms with van der Waals surface area (Å²) in [7, 11) is -3.23. The first-order valence-electron chi connectivity index (χ1n) is 8.21. The van der Waals surface area contributed by atoms with E-state index < -0.39 is 9.84 Å². The molecule has 0 aliphatic heterocycles. The minimum atomic E-state index is -3.23. The van der Waals surface area contributed by atoms with Gasteiger partial charge in [0.25, 0.3) is 0 Å². The lowest BCUT2D eigenvalue weighted by atomic mass is 10.0. The van der Waals surface area contributed by atoms with Crippen LogP contribution in [0.25, 0.3) is 0 Å². The van der Waals surface area contributed by atoms with E-state index in [9.17, 15) is 17.6 Å². The highest BCUT2D eigenvalue weighted by molar-refractivity contribution is 7.99. The van der Waals surface area contributed by atoms with E-state index in [0.717, 1.165) is 11.1 Å². The van der Waals surface area contributed by atoms with Crippen molar-refractivity contribution in [2.75, 3.05) is 12.0 Å². The lowest BCUT2D eigenvalue weighted by Crippen LogP contribution is -2.29.